The Morgan fingerprint density at radius 2 is 1.74 bits per heavy atom. The molecule has 0 fully saturated rings. The second kappa shape index (κ2) is 7.41. The highest BCUT2D eigenvalue weighted by Gasteiger charge is 2.08. The number of nitrogens with one attached hydrogen (secondary N) is 1. The molecule has 27 heavy (non-hydrogen) atoms. The average Bonchev–Trinajstić information content (AvgIpc) is 2.70. The Bertz CT molecular complexity index is 1180. The number of aryl methyl sites for hydroxylation is 1. The van der Waals surface area contributed by atoms with Crippen LogP contribution in [-0.4, -0.2) is 15.5 Å². The maximum atomic E-state index is 12.4. The molecule has 0 bridgehead atoms. The Kier molecular flexibility index (Phi) is 4.66. The van der Waals surface area contributed by atoms with Gasteiger partial charge in [0.25, 0.3) is 5.56 Å². The van der Waals surface area contributed by atoms with Crippen LogP contribution in [0, 0.1) is 0 Å². The van der Waals surface area contributed by atoms with Gasteiger partial charge in [-0.2, -0.15) is 0 Å². The number of pyridine rings is 2. The molecular weight excluding hydrogens is 338 g/mol. The molecule has 134 valence electrons. The molecule has 0 atom stereocenters. The minimum absolute atomic E-state index is 0.0487. The van der Waals surface area contributed by atoms with E-state index in [0.29, 0.717) is 25.1 Å². The first kappa shape index (κ1) is 17.0. The molecule has 0 unspecified atom stereocenters. The fourth-order valence-electron chi connectivity index (χ4n) is 3.29. The first-order valence-electron chi connectivity index (χ1n) is 8.94. The molecule has 5 heteroatoms. The van der Waals surface area contributed by atoms with Crippen molar-refractivity contribution in [2.75, 3.05) is 5.32 Å². The number of fused-ring (bicyclic) bond motifs is 2. The number of aromatic nitrogens is 2. The van der Waals surface area contributed by atoms with E-state index in [1.54, 1.807) is 16.8 Å². The Balaban J connectivity index is 1.45. The molecule has 1 amide bonds. The summed E-state index contributed by atoms with van der Waals surface area (Å²) in [5.41, 5.74) is 2.33. The third kappa shape index (κ3) is 3.58. The third-order valence-corrected chi connectivity index (χ3v) is 4.59. The molecule has 0 aliphatic heterocycles. The van der Waals surface area contributed by atoms with E-state index in [1.165, 1.54) is 0 Å². The lowest BCUT2D eigenvalue weighted by molar-refractivity contribution is -0.116. The maximum absolute atomic E-state index is 12.4. The number of benzene rings is 2. The Morgan fingerprint density at radius 1 is 0.926 bits per heavy atom. The van der Waals surface area contributed by atoms with Gasteiger partial charge in [0.1, 0.15) is 0 Å². The molecule has 0 aliphatic rings. The highest BCUT2D eigenvalue weighted by molar-refractivity contribution is 6.00. The SMILES string of the molecule is O=C(CCCn1c(=O)ccc2ccccc21)Nc1cccc2cccnc12. The van der Waals surface area contributed by atoms with Crippen LogP contribution in [0.3, 0.4) is 0 Å². The van der Waals surface area contributed by atoms with Crippen LogP contribution in [-0.2, 0) is 11.3 Å². The van der Waals surface area contributed by atoms with E-state index in [4.69, 9.17) is 0 Å². The first-order valence-corrected chi connectivity index (χ1v) is 8.94. The number of rotatable bonds is 5. The van der Waals surface area contributed by atoms with Crippen molar-refractivity contribution in [3.05, 3.63) is 83.3 Å². The van der Waals surface area contributed by atoms with E-state index in [-0.39, 0.29) is 11.5 Å². The van der Waals surface area contributed by atoms with Crippen molar-refractivity contribution in [1.29, 1.82) is 0 Å². The van der Waals surface area contributed by atoms with E-state index in [1.807, 2.05) is 60.7 Å². The van der Waals surface area contributed by atoms with E-state index < -0.39 is 0 Å². The van der Waals surface area contributed by atoms with Crippen LogP contribution >= 0.6 is 0 Å². The predicted octanol–water partition coefficient (Wildman–Crippen LogP) is 3.97. The topological polar surface area (TPSA) is 64.0 Å². The minimum Gasteiger partial charge on any atom is -0.324 e. The van der Waals surface area contributed by atoms with Crippen LogP contribution in [0.2, 0.25) is 0 Å². The second-order valence-corrected chi connectivity index (χ2v) is 6.41. The van der Waals surface area contributed by atoms with Gasteiger partial charge in [-0.05, 0) is 36.1 Å². The average molecular weight is 357 g/mol. The zero-order valence-corrected chi connectivity index (χ0v) is 14.8. The molecule has 0 saturated carbocycles. The highest BCUT2D eigenvalue weighted by atomic mass is 16.1. The lowest BCUT2D eigenvalue weighted by Crippen LogP contribution is -2.20. The van der Waals surface area contributed by atoms with Gasteiger partial charge in [-0.25, -0.2) is 0 Å². The van der Waals surface area contributed by atoms with Gasteiger partial charge in [0.2, 0.25) is 5.91 Å². The predicted molar refractivity (Wildman–Crippen MR) is 108 cm³/mol. The smallest absolute Gasteiger partial charge is 0.251 e. The van der Waals surface area contributed by atoms with Crippen LogP contribution in [0.4, 0.5) is 5.69 Å². The molecule has 2 aromatic heterocycles. The Morgan fingerprint density at radius 3 is 2.67 bits per heavy atom. The van der Waals surface area contributed by atoms with E-state index in [0.717, 1.165) is 21.8 Å². The number of anilines is 1. The summed E-state index contributed by atoms with van der Waals surface area (Å²) < 4.78 is 1.72. The maximum Gasteiger partial charge on any atom is 0.251 e. The van der Waals surface area contributed by atoms with E-state index in [2.05, 4.69) is 10.3 Å². The Hall–Kier alpha value is -3.47. The van der Waals surface area contributed by atoms with Gasteiger partial charge < -0.3 is 9.88 Å². The molecule has 0 spiro atoms. The fraction of sp³-hybridized carbons (Fsp3) is 0.136. The van der Waals surface area contributed by atoms with Crippen molar-refractivity contribution in [2.24, 2.45) is 0 Å². The largest absolute Gasteiger partial charge is 0.324 e. The van der Waals surface area contributed by atoms with Crippen molar-refractivity contribution in [1.82, 2.24) is 9.55 Å². The quantitative estimate of drug-likeness (QED) is 0.588. The summed E-state index contributed by atoms with van der Waals surface area (Å²) in [4.78, 5) is 28.9. The molecule has 1 N–H and O–H groups in total. The number of para-hydroxylation sites is 2. The van der Waals surface area contributed by atoms with Gasteiger partial charge in [0.05, 0.1) is 16.7 Å². The van der Waals surface area contributed by atoms with Gasteiger partial charge in [-0.15, -0.1) is 0 Å². The summed E-state index contributed by atoms with van der Waals surface area (Å²) in [6.45, 7) is 0.501. The van der Waals surface area contributed by atoms with Gasteiger partial charge in [-0.3, -0.25) is 14.6 Å². The minimum atomic E-state index is -0.0820. The number of hydrogen-bond donors (Lipinski definition) is 1. The lowest BCUT2D eigenvalue weighted by atomic mass is 10.2. The number of carbonyl (C=O) groups is 1. The van der Waals surface area contributed by atoms with Crippen molar-refractivity contribution in [3.8, 4) is 0 Å². The molecule has 4 aromatic rings. The first-order chi connectivity index (χ1) is 13.2. The normalized spacial score (nSPS) is 11.0. The molecule has 4 rings (SSSR count). The zero-order valence-electron chi connectivity index (χ0n) is 14.8. The van der Waals surface area contributed by atoms with Crippen molar-refractivity contribution in [2.45, 2.75) is 19.4 Å². The summed E-state index contributed by atoms with van der Waals surface area (Å²) in [5.74, 6) is -0.0820. The van der Waals surface area contributed by atoms with E-state index in [9.17, 15) is 9.59 Å². The molecular formula is C22H19N3O2. The monoisotopic (exact) mass is 357 g/mol. The van der Waals surface area contributed by atoms with Gasteiger partial charge in [0, 0.05) is 30.6 Å². The molecule has 2 heterocycles. The summed E-state index contributed by atoms with van der Waals surface area (Å²) in [6.07, 6.45) is 2.63. The highest BCUT2D eigenvalue weighted by Crippen LogP contribution is 2.21. The van der Waals surface area contributed by atoms with Crippen LogP contribution < -0.4 is 10.9 Å². The van der Waals surface area contributed by atoms with Crippen LogP contribution in [0.5, 0.6) is 0 Å². The molecule has 0 saturated heterocycles. The van der Waals surface area contributed by atoms with Gasteiger partial charge >= 0.3 is 0 Å². The number of carbonyl (C=O) groups excluding carboxylic acids is 1. The Labute approximate surface area is 156 Å². The molecule has 2 aromatic carbocycles. The number of nitrogens with zero attached hydrogens (tertiary/aromatic N) is 2. The van der Waals surface area contributed by atoms with Crippen LogP contribution in [0.15, 0.2) is 77.7 Å². The molecule has 0 radical (unpaired) electrons. The summed E-state index contributed by atoms with van der Waals surface area (Å²) in [7, 11) is 0. The van der Waals surface area contributed by atoms with E-state index >= 15 is 0 Å². The molecule has 0 aliphatic carbocycles. The summed E-state index contributed by atoms with van der Waals surface area (Å²) in [5, 5.41) is 4.94. The standard InChI is InChI=1S/C22H19N3O2/c26-20(24-18-9-3-7-17-8-4-14-23-22(17)18)11-5-15-25-19-10-2-1-6-16(19)12-13-21(25)27/h1-4,6-10,12-14H,5,11,15H2,(H,24,26). The van der Waals surface area contributed by atoms with Crippen molar-refractivity contribution >= 4 is 33.4 Å². The number of amides is 1. The second-order valence-electron chi connectivity index (χ2n) is 6.41. The summed E-state index contributed by atoms with van der Waals surface area (Å²) >= 11 is 0. The third-order valence-electron chi connectivity index (χ3n) is 4.59. The van der Waals surface area contributed by atoms with Crippen molar-refractivity contribution < 1.29 is 4.79 Å². The molecule has 5 nitrogen and oxygen atoms in total. The van der Waals surface area contributed by atoms with Gasteiger partial charge in [-0.1, -0.05) is 36.4 Å². The van der Waals surface area contributed by atoms with Crippen molar-refractivity contribution in [3.63, 3.8) is 0 Å². The van der Waals surface area contributed by atoms with Crippen LogP contribution in [0.1, 0.15) is 12.8 Å². The fourth-order valence-corrected chi connectivity index (χ4v) is 3.29. The van der Waals surface area contributed by atoms with Crippen LogP contribution in [0.25, 0.3) is 21.8 Å². The van der Waals surface area contributed by atoms with Gasteiger partial charge in [0.15, 0.2) is 0 Å². The summed E-state index contributed by atoms with van der Waals surface area (Å²) in [6, 6.07) is 20.7. The lowest BCUT2D eigenvalue weighted by Gasteiger charge is -2.11. The zero-order chi connectivity index (χ0) is 18.6. The number of hydrogen-bond acceptors (Lipinski definition) is 3.